The van der Waals surface area contributed by atoms with Crippen LogP contribution in [-0.2, 0) is 17.9 Å². The van der Waals surface area contributed by atoms with Gasteiger partial charge in [0.15, 0.2) is 11.5 Å². The van der Waals surface area contributed by atoms with Gasteiger partial charge in [-0.2, -0.15) is 0 Å². The fourth-order valence-corrected chi connectivity index (χ4v) is 4.71. The SMILES string of the molecule is COc1ccccc1CN1CCC(C(=O)N(Cc2ccc3c(c2)OCCCO3)CC(C)C)C1. The molecule has 6 nitrogen and oxygen atoms in total. The molecule has 0 aliphatic carbocycles. The summed E-state index contributed by atoms with van der Waals surface area (Å²) in [6, 6.07) is 14.2. The highest BCUT2D eigenvalue weighted by molar-refractivity contribution is 5.79. The van der Waals surface area contributed by atoms with Crippen LogP contribution in [0.15, 0.2) is 42.5 Å². The highest BCUT2D eigenvalue weighted by Crippen LogP contribution is 2.31. The van der Waals surface area contributed by atoms with E-state index >= 15 is 0 Å². The van der Waals surface area contributed by atoms with Gasteiger partial charge >= 0.3 is 0 Å². The number of para-hydroxylation sites is 1. The summed E-state index contributed by atoms with van der Waals surface area (Å²) in [6.07, 6.45) is 1.78. The summed E-state index contributed by atoms with van der Waals surface area (Å²) >= 11 is 0. The van der Waals surface area contributed by atoms with Crippen LogP contribution >= 0.6 is 0 Å². The second-order valence-electron chi connectivity index (χ2n) is 9.48. The fourth-order valence-electron chi connectivity index (χ4n) is 4.71. The van der Waals surface area contributed by atoms with Gasteiger partial charge in [-0.1, -0.05) is 38.1 Å². The predicted octanol–water partition coefficient (Wildman–Crippen LogP) is 4.36. The van der Waals surface area contributed by atoms with Crippen molar-refractivity contribution in [2.24, 2.45) is 11.8 Å². The lowest BCUT2D eigenvalue weighted by Crippen LogP contribution is -2.39. The van der Waals surface area contributed by atoms with Gasteiger partial charge in [-0.25, -0.2) is 0 Å². The second kappa shape index (κ2) is 10.9. The van der Waals surface area contributed by atoms with E-state index in [-0.39, 0.29) is 11.8 Å². The van der Waals surface area contributed by atoms with Crippen molar-refractivity contribution in [3.63, 3.8) is 0 Å². The number of carbonyl (C=O) groups excluding carboxylic acids is 1. The van der Waals surface area contributed by atoms with Crippen LogP contribution in [0.4, 0.5) is 0 Å². The van der Waals surface area contributed by atoms with Gasteiger partial charge in [-0.05, 0) is 42.6 Å². The minimum absolute atomic E-state index is 0.0267. The number of ether oxygens (including phenoxy) is 3. The van der Waals surface area contributed by atoms with Crippen molar-refractivity contribution < 1.29 is 19.0 Å². The number of carbonyl (C=O) groups is 1. The molecule has 0 aromatic heterocycles. The van der Waals surface area contributed by atoms with Gasteiger partial charge in [0.1, 0.15) is 5.75 Å². The zero-order valence-corrected chi connectivity index (χ0v) is 20.1. The lowest BCUT2D eigenvalue weighted by molar-refractivity contribution is -0.136. The van der Waals surface area contributed by atoms with E-state index in [4.69, 9.17) is 14.2 Å². The molecular formula is C27H36N2O4. The summed E-state index contributed by atoms with van der Waals surface area (Å²) in [5.41, 5.74) is 2.25. The monoisotopic (exact) mass is 452 g/mol. The molecule has 0 spiro atoms. The van der Waals surface area contributed by atoms with Crippen LogP contribution in [0.1, 0.15) is 37.8 Å². The number of benzene rings is 2. The molecule has 2 heterocycles. The van der Waals surface area contributed by atoms with E-state index in [0.29, 0.717) is 25.7 Å². The molecule has 0 bridgehead atoms. The maximum atomic E-state index is 13.6. The Bertz CT molecular complexity index is 945. The first-order valence-corrected chi connectivity index (χ1v) is 12.0. The Labute approximate surface area is 197 Å². The van der Waals surface area contributed by atoms with Gasteiger partial charge in [0, 0.05) is 38.2 Å². The number of nitrogens with zero attached hydrogens (tertiary/aromatic N) is 2. The van der Waals surface area contributed by atoms with Crippen molar-refractivity contribution in [3.8, 4) is 17.2 Å². The van der Waals surface area contributed by atoms with E-state index < -0.39 is 0 Å². The van der Waals surface area contributed by atoms with E-state index in [2.05, 4.69) is 30.9 Å². The largest absolute Gasteiger partial charge is 0.496 e. The molecule has 2 aliphatic heterocycles. The molecule has 33 heavy (non-hydrogen) atoms. The zero-order valence-electron chi connectivity index (χ0n) is 20.1. The first kappa shape index (κ1) is 23.4. The molecule has 0 saturated carbocycles. The Morgan fingerprint density at radius 2 is 1.94 bits per heavy atom. The van der Waals surface area contributed by atoms with Crippen molar-refractivity contribution in [1.29, 1.82) is 0 Å². The zero-order chi connectivity index (χ0) is 23.2. The number of fused-ring (bicyclic) bond motifs is 1. The Morgan fingerprint density at radius 1 is 1.15 bits per heavy atom. The van der Waals surface area contributed by atoms with Crippen LogP contribution in [0, 0.1) is 11.8 Å². The number of methoxy groups -OCH3 is 1. The minimum Gasteiger partial charge on any atom is -0.496 e. The van der Waals surface area contributed by atoms with Gasteiger partial charge in [-0.3, -0.25) is 9.69 Å². The summed E-state index contributed by atoms with van der Waals surface area (Å²) in [5, 5.41) is 0. The quantitative estimate of drug-likeness (QED) is 0.596. The normalized spacial score (nSPS) is 18.2. The molecule has 1 atom stereocenters. The number of hydrogen-bond acceptors (Lipinski definition) is 5. The van der Waals surface area contributed by atoms with Crippen LogP contribution < -0.4 is 14.2 Å². The molecule has 1 amide bonds. The molecule has 6 heteroatoms. The molecule has 4 rings (SSSR count). The van der Waals surface area contributed by atoms with Crippen molar-refractivity contribution in [3.05, 3.63) is 53.6 Å². The lowest BCUT2D eigenvalue weighted by atomic mass is 10.0. The van der Waals surface area contributed by atoms with Crippen molar-refractivity contribution in [1.82, 2.24) is 9.80 Å². The number of likely N-dealkylation sites (tertiary alicyclic amines) is 1. The summed E-state index contributed by atoms with van der Waals surface area (Å²) in [6.45, 7) is 9.52. The topological polar surface area (TPSA) is 51.2 Å². The average Bonchev–Trinajstić information content (AvgIpc) is 3.14. The molecule has 1 saturated heterocycles. The first-order valence-electron chi connectivity index (χ1n) is 12.0. The van der Waals surface area contributed by atoms with Crippen molar-refractivity contribution in [2.45, 2.75) is 39.8 Å². The second-order valence-corrected chi connectivity index (χ2v) is 9.48. The summed E-state index contributed by atoms with van der Waals surface area (Å²) in [4.78, 5) is 18.0. The minimum atomic E-state index is 0.0267. The van der Waals surface area contributed by atoms with Gasteiger partial charge in [0.2, 0.25) is 5.91 Å². The fraction of sp³-hybridized carbons (Fsp3) is 0.519. The van der Waals surface area contributed by atoms with Gasteiger partial charge in [0.25, 0.3) is 0 Å². The first-order chi connectivity index (χ1) is 16.0. The molecule has 2 aromatic carbocycles. The Hall–Kier alpha value is -2.73. The van der Waals surface area contributed by atoms with Crippen LogP contribution in [0.25, 0.3) is 0 Å². The molecule has 2 aliphatic rings. The Kier molecular flexibility index (Phi) is 7.76. The summed E-state index contributed by atoms with van der Waals surface area (Å²) in [5.74, 6) is 3.16. The summed E-state index contributed by atoms with van der Waals surface area (Å²) in [7, 11) is 1.71. The van der Waals surface area contributed by atoms with Crippen LogP contribution in [0.2, 0.25) is 0 Å². The van der Waals surface area contributed by atoms with Crippen LogP contribution in [0.3, 0.4) is 0 Å². The van der Waals surface area contributed by atoms with Gasteiger partial charge in [-0.15, -0.1) is 0 Å². The molecular weight excluding hydrogens is 416 g/mol. The smallest absolute Gasteiger partial charge is 0.227 e. The number of rotatable bonds is 8. The van der Waals surface area contributed by atoms with Gasteiger partial charge in [0.05, 0.1) is 26.2 Å². The van der Waals surface area contributed by atoms with E-state index in [9.17, 15) is 4.79 Å². The van der Waals surface area contributed by atoms with Gasteiger partial charge < -0.3 is 19.1 Å². The van der Waals surface area contributed by atoms with Crippen molar-refractivity contribution >= 4 is 5.91 Å². The standard InChI is InChI=1S/C27H36N2O4/c1-20(2)16-29(17-21-9-10-25-26(15-21)33-14-6-13-32-25)27(30)23-11-12-28(19-23)18-22-7-4-5-8-24(22)31-3/h4-5,7-10,15,20,23H,6,11-14,16-19H2,1-3H3. The highest BCUT2D eigenvalue weighted by atomic mass is 16.5. The Morgan fingerprint density at radius 3 is 2.73 bits per heavy atom. The number of hydrogen-bond donors (Lipinski definition) is 0. The van der Waals surface area contributed by atoms with Crippen LogP contribution in [-0.4, -0.2) is 55.7 Å². The molecule has 2 aromatic rings. The third-order valence-corrected chi connectivity index (χ3v) is 6.29. The van der Waals surface area contributed by atoms with E-state index in [1.54, 1.807) is 7.11 Å². The molecule has 1 fully saturated rings. The predicted molar refractivity (Wildman–Crippen MR) is 129 cm³/mol. The van der Waals surface area contributed by atoms with E-state index in [1.165, 1.54) is 5.56 Å². The highest BCUT2D eigenvalue weighted by Gasteiger charge is 2.32. The van der Waals surface area contributed by atoms with E-state index in [0.717, 1.165) is 61.8 Å². The van der Waals surface area contributed by atoms with E-state index in [1.807, 2.05) is 35.2 Å². The third kappa shape index (κ3) is 5.99. The maximum absolute atomic E-state index is 13.6. The molecule has 0 N–H and O–H groups in total. The molecule has 178 valence electrons. The summed E-state index contributed by atoms with van der Waals surface area (Å²) < 4.78 is 17.1. The molecule has 1 unspecified atom stereocenters. The third-order valence-electron chi connectivity index (χ3n) is 6.29. The number of amides is 1. The Balaban J connectivity index is 1.42. The molecule has 0 radical (unpaired) electrons. The van der Waals surface area contributed by atoms with Crippen LogP contribution in [0.5, 0.6) is 17.2 Å². The van der Waals surface area contributed by atoms with Crippen molar-refractivity contribution in [2.75, 3.05) is 40.0 Å². The average molecular weight is 453 g/mol. The lowest BCUT2D eigenvalue weighted by Gasteiger charge is -2.28. The maximum Gasteiger partial charge on any atom is 0.227 e.